The molecule has 0 saturated carbocycles. The highest BCUT2D eigenvalue weighted by atomic mass is 35.5. The second-order valence-electron chi connectivity index (χ2n) is 7.28. The number of methoxy groups -OCH3 is 1. The fourth-order valence-electron chi connectivity index (χ4n) is 3.04. The van der Waals surface area contributed by atoms with Crippen LogP contribution in [-0.4, -0.2) is 37.9 Å². The first-order valence-corrected chi connectivity index (χ1v) is 11.1. The lowest BCUT2D eigenvalue weighted by molar-refractivity contribution is -0.142. The van der Waals surface area contributed by atoms with Gasteiger partial charge >= 0.3 is 5.97 Å². The zero-order chi connectivity index (χ0) is 22.6. The van der Waals surface area contributed by atoms with Gasteiger partial charge in [-0.15, -0.1) is 0 Å². The molecule has 1 atom stereocenters. The van der Waals surface area contributed by atoms with Crippen LogP contribution in [0.1, 0.15) is 42.9 Å². The number of ether oxygens (including phenoxy) is 2. The molecular formula is C23H30Cl2N2O4. The number of hydrogen-bond acceptors (Lipinski definition) is 6. The van der Waals surface area contributed by atoms with Gasteiger partial charge in [0.25, 0.3) is 0 Å². The van der Waals surface area contributed by atoms with Crippen molar-refractivity contribution in [2.75, 3.05) is 32.5 Å². The van der Waals surface area contributed by atoms with E-state index < -0.39 is 6.10 Å². The number of halogens is 2. The normalized spacial score (nSPS) is 11.9. The minimum absolute atomic E-state index is 0.230. The van der Waals surface area contributed by atoms with Gasteiger partial charge in [-0.25, -0.2) is 0 Å². The first-order chi connectivity index (χ1) is 14.9. The Bertz CT molecular complexity index is 825. The lowest BCUT2D eigenvalue weighted by atomic mass is 10.1. The van der Waals surface area contributed by atoms with Crippen molar-refractivity contribution in [3.8, 4) is 5.75 Å². The number of esters is 1. The summed E-state index contributed by atoms with van der Waals surface area (Å²) in [5, 5.41) is 14.1. The number of nitrogen functional groups attached to an aromatic ring is 1. The van der Waals surface area contributed by atoms with Gasteiger partial charge < -0.3 is 25.6 Å². The van der Waals surface area contributed by atoms with Crippen LogP contribution >= 0.6 is 23.2 Å². The number of aliphatic hydroxyl groups is 1. The highest BCUT2D eigenvalue weighted by molar-refractivity contribution is 6.38. The monoisotopic (exact) mass is 468 g/mol. The zero-order valence-electron chi connectivity index (χ0n) is 17.7. The van der Waals surface area contributed by atoms with E-state index in [0.717, 1.165) is 43.5 Å². The van der Waals surface area contributed by atoms with Crippen molar-refractivity contribution in [2.24, 2.45) is 0 Å². The van der Waals surface area contributed by atoms with E-state index in [9.17, 15) is 9.90 Å². The van der Waals surface area contributed by atoms with Gasteiger partial charge in [-0.2, -0.15) is 0 Å². The predicted octanol–water partition coefficient (Wildman–Crippen LogP) is 4.55. The van der Waals surface area contributed by atoms with Crippen LogP contribution in [0.5, 0.6) is 5.75 Å². The largest absolute Gasteiger partial charge is 0.497 e. The molecule has 0 fully saturated rings. The van der Waals surface area contributed by atoms with Crippen molar-refractivity contribution in [2.45, 2.75) is 38.2 Å². The molecule has 4 N–H and O–H groups in total. The highest BCUT2D eigenvalue weighted by Crippen LogP contribution is 2.31. The van der Waals surface area contributed by atoms with E-state index in [0.29, 0.717) is 34.4 Å². The number of rotatable bonds is 13. The molecule has 0 aliphatic carbocycles. The molecule has 0 amide bonds. The van der Waals surface area contributed by atoms with Crippen LogP contribution < -0.4 is 15.8 Å². The molecule has 0 radical (unpaired) electrons. The Morgan fingerprint density at radius 1 is 1.13 bits per heavy atom. The van der Waals surface area contributed by atoms with Crippen molar-refractivity contribution in [3.63, 3.8) is 0 Å². The molecule has 0 aromatic heterocycles. The van der Waals surface area contributed by atoms with Crippen LogP contribution in [0.15, 0.2) is 36.4 Å². The topological polar surface area (TPSA) is 93.8 Å². The van der Waals surface area contributed by atoms with Crippen LogP contribution in [0.25, 0.3) is 0 Å². The van der Waals surface area contributed by atoms with Gasteiger partial charge in [-0.05, 0) is 54.8 Å². The minimum atomic E-state index is -0.709. The fourth-order valence-corrected chi connectivity index (χ4v) is 3.55. The van der Waals surface area contributed by atoms with Gasteiger partial charge in [0.05, 0.1) is 42.0 Å². The average Bonchev–Trinajstić information content (AvgIpc) is 2.75. The average molecular weight is 469 g/mol. The number of benzene rings is 2. The molecule has 0 aliphatic heterocycles. The molecule has 31 heavy (non-hydrogen) atoms. The SMILES string of the molecule is COc1cccc(CC(=O)OCCCCCCNCC(O)c2cc(Cl)c(N)c(Cl)c2)c1. The van der Waals surface area contributed by atoms with E-state index >= 15 is 0 Å². The first-order valence-electron chi connectivity index (χ1n) is 10.3. The summed E-state index contributed by atoms with van der Waals surface area (Å²) in [7, 11) is 1.60. The van der Waals surface area contributed by atoms with Crippen molar-refractivity contribution >= 4 is 34.9 Å². The fraction of sp³-hybridized carbons (Fsp3) is 0.435. The quantitative estimate of drug-likeness (QED) is 0.226. The van der Waals surface area contributed by atoms with E-state index in [-0.39, 0.29) is 12.4 Å². The van der Waals surface area contributed by atoms with Crippen LogP contribution in [0.4, 0.5) is 5.69 Å². The number of aliphatic hydroxyl groups excluding tert-OH is 1. The number of nitrogens with two attached hydrogens (primary N) is 1. The summed E-state index contributed by atoms with van der Waals surface area (Å²) in [4.78, 5) is 11.9. The number of carbonyl (C=O) groups is 1. The molecule has 170 valence electrons. The van der Waals surface area contributed by atoms with Gasteiger partial charge in [-0.3, -0.25) is 4.79 Å². The van der Waals surface area contributed by atoms with E-state index in [2.05, 4.69) is 5.32 Å². The van der Waals surface area contributed by atoms with Crippen molar-refractivity contribution in [1.82, 2.24) is 5.32 Å². The molecule has 0 spiro atoms. The van der Waals surface area contributed by atoms with Crippen LogP contribution in [0.2, 0.25) is 10.0 Å². The summed E-state index contributed by atoms with van der Waals surface area (Å²) >= 11 is 12.0. The van der Waals surface area contributed by atoms with Crippen LogP contribution in [0.3, 0.4) is 0 Å². The number of carbonyl (C=O) groups excluding carboxylic acids is 1. The summed E-state index contributed by atoms with van der Waals surface area (Å²) in [6.07, 6.45) is 3.31. The molecule has 1 unspecified atom stereocenters. The molecule has 0 saturated heterocycles. The molecule has 6 nitrogen and oxygen atoms in total. The third-order valence-electron chi connectivity index (χ3n) is 4.82. The molecule has 0 aliphatic rings. The third-order valence-corrected chi connectivity index (χ3v) is 5.44. The molecule has 2 rings (SSSR count). The smallest absolute Gasteiger partial charge is 0.310 e. The summed E-state index contributed by atoms with van der Waals surface area (Å²) < 4.78 is 10.4. The lowest BCUT2D eigenvalue weighted by Gasteiger charge is -2.14. The maximum atomic E-state index is 11.9. The molecule has 8 heteroatoms. The maximum absolute atomic E-state index is 11.9. The van der Waals surface area contributed by atoms with Gasteiger partial charge in [0.2, 0.25) is 0 Å². The Morgan fingerprint density at radius 2 is 1.84 bits per heavy atom. The zero-order valence-corrected chi connectivity index (χ0v) is 19.2. The summed E-state index contributed by atoms with van der Waals surface area (Å²) in [5.41, 5.74) is 7.53. The number of unbranched alkanes of at least 4 members (excludes halogenated alkanes) is 3. The maximum Gasteiger partial charge on any atom is 0.310 e. The van der Waals surface area contributed by atoms with E-state index in [4.69, 9.17) is 38.4 Å². The number of nitrogens with one attached hydrogen (secondary N) is 1. The minimum Gasteiger partial charge on any atom is -0.497 e. The van der Waals surface area contributed by atoms with E-state index in [1.54, 1.807) is 19.2 Å². The Morgan fingerprint density at radius 3 is 2.55 bits per heavy atom. The van der Waals surface area contributed by atoms with Crippen LogP contribution in [0, 0.1) is 0 Å². The van der Waals surface area contributed by atoms with Gasteiger partial charge in [0, 0.05) is 6.54 Å². The summed E-state index contributed by atoms with van der Waals surface area (Å²) in [5.74, 6) is 0.499. The lowest BCUT2D eigenvalue weighted by Crippen LogP contribution is -2.22. The van der Waals surface area contributed by atoms with Crippen molar-refractivity contribution < 1.29 is 19.4 Å². The second kappa shape index (κ2) is 13.4. The Balaban J connectivity index is 1.51. The van der Waals surface area contributed by atoms with E-state index in [1.807, 2.05) is 24.3 Å². The molecule has 0 heterocycles. The molecule has 0 bridgehead atoms. The molecule has 2 aromatic rings. The second-order valence-corrected chi connectivity index (χ2v) is 8.10. The highest BCUT2D eigenvalue weighted by Gasteiger charge is 2.12. The Hall–Kier alpha value is -1.99. The van der Waals surface area contributed by atoms with Crippen molar-refractivity contribution in [3.05, 3.63) is 57.6 Å². The number of hydrogen-bond donors (Lipinski definition) is 3. The standard InChI is InChI=1S/C23H30Cl2N2O4/c1-30-18-8-6-7-16(11-18)12-22(29)31-10-5-3-2-4-9-27-15-21(28)17-13-19(24)23(26)20(25)14-17/h6-8,11,13-14,21,27-28H,2-5,9-10,12,15,26H2,1H3. The predicted molar refractivity (Wildman–Crippen MR) is 125 cm³/mol. The van der Waals surface area contributed by atoms with Gasteiger partial charge in [0.1, 0.15) is 5.75 Å². The van der Waals surface area contributed by atoms with E-state index in [1.165, 1.54) is 0 Å². The van der Waals surface area contributed by atoms with Crippen LogP contribution in [-0.2, 0) is 16.0 Å². The Labute approximate surface area is 193 Å². The third kappa shape index (κ3) is 8.95. The first kappa shape index (κ1) is 25.3. The molecule has 2 aromatic carbocycles. The van der Waals surface area contributed by atoms with Crippen molar-refractivity contribution in [1.29, 1.82) is 0 Å². The summed E-state index contributed by atoms with van der Waals surface area (Å²) in [6.45, 7) is 1.61. The number of anilines is 1. The van der Waals surface area contributed by atoms with Gasteiger partial charge in [-0.1, -0.05) is 48.2 Å². The van der Waals surface area contributed by atoms with Gasteiger partial charge in [0.15, 0.2) is 0 Å². The summed E-state index contributed by atoms with van der Waals surface area (Å²) in [6, 6.07) is 10.7. The Kier molecular flexibility index (Phi) is 10.9. The molecular weight excluding hydrogens is 439 g/mol.